The lowest BCUT2D eigenvalue weighted by Crippen LogP contribution is -2.62. The molecule has 2 rings (SSSR count). The first-order valence-electron chi connectivity index (χ1n) is 6.58. The van der Waals surface area contributed by atoms with Crippen LogP contribution in [0.15, 0.2) is 16.6 Å². The van der Waals surface area contributed by atoms with Gasteiger partial charge >= 0.3 is 0 Å². The average Bonchev–Trinajstić information content (AvgIpc) is 2.35. The molecule has 0 fully saturated rings. The Kier molecular flexibility index (Phi) is 4.23. The van der Waals surface area contributed by atoms with Crippen molar-refractivity contribution in [1.82, 2.24) is 9.80 Å². The summed E-state index contributed by atoms with van der Waals surface area (Å²) in [6.45, 7) is 3.00. The predicted molar refractivity (Wildman–Crippen MR) is 83.7 cm³/mol. The van der Waals surface area contributed by atoms with Crippen LogP contribution >= 0.6 is 15.9 Å². The summed E-state index contributed by atoms with van der Waals surface area (Å²) in [4.78, 5) is 17.0. The first kappa shape index (κ1) is 15.5. The van der Waals surface area contributed by atoms with Gasteiger partial charge < -0.3 is 9.64 Å². The van der Waals surface area contributed by atoms with Gasteiger partial charge in [-0.25, -0.2) is 0 Å². The molecule has 0 unspecified atom stereocenters. The molecule has 20 heavy (non-hydrogen) atoms. The highest BCUT2D eigenvalue weighted by Gasteiger charge is 2.46. The number of halogens is 1. The van der Waals surface area contributed by atoms with E-state index in [0.29, 0.717) is 24.5 Å². The maximum atomic E-state index is 13.0. The first-order chi connectivity index (χ1) is 9.28. The highest BCUT2D eigenvalue weighted by Crippen LogP contribution is 2.35. The molecule has 110 valence electrons. The van der Waals surface area contributed by atoms with Gasteiger partial charge in [0.2, 0.25) is 0 Å². The van der Waals surface area contributed by atoms with Crippen LogP contribution in [-0.4, -0.2) is 62.5 Å². The Morgan fingerprint density at radius 1 is 1.30 bits per heavy atom. The highest BCUT2D eigenvalue weighted by atomic mass is 79.9. The van der Waals surface area contributed by atoms with Crippen molar-refractivity contribution in [2.45, 2.75) is 12.5 Å². The van der Waals surface area contributed by atoms with Crippen LogP contribution in [-0.2, 0) is 0 Å². The zero-order valence-electron chi connectivity index (χ0n) is 12.7. The molecule has 0 saturated heterocycles. The summed E-state index contributed by atoms with van der Waals surface area (Å²) in [5.74, 6) is 0.810. The lowest BCUT2D eigenvalue weighted by molar-refractivity contribution is 0.0335. The Balaban J connectivity index is 2.50. The fraction of sp³-hybridized carbons (Fsp3) is 0.533. The molecule has 1 aromatic carbocycles. The molecule has 1 heterocycles. The van der Waals surface area contributed by atoms with Gasteiger partial charge in [-0.1, -0.05) is 15.9 Å². The summed E-state index contributed by atoms with van der Waals surface area (Å²) < 4.78 is 6.84. The molecule has 0 spiro atoms. The van der Waals surface area contributed by atoms with E-state index in [4.69, 9.17) is 4.74 Å². The van der Waals surface area contributed by atoms with E-state index in [0.717, 1.165) is 10.0 Å². The molecule has 0 amide bonds. The minimum atomic E-state index is -0.634. The van der Waals surface area contributed by atoms with Crippen LogP contribution in [0, 0.1) is 6.92 Å². The molecule has 1 aromatic rings. The molecular weight excluding hydrogens is 320 g/mol. The fourth-order valence-electron chi connectivity index (χ4n) is 2.58. The summed E-state index contributed by atoms with van der Waals surface area (Å²) in [5, 5.41) is 0. The van der Waals surface area contributed by atoms with Crippen molar-refractivity contribution in [3.8, 4) is 5.75 Å². The van der Waals surface area contributed by atoms with Gasteiger partial charge in [0.15, 0.2) is 5.78 Å². The molecule has 1 atom stereocenters. The molecule has 0 aromatic heterocycles. The highest BCUT2D eigenvalue weighted by molar-refractivity contribution is 9.10. The number of fused-ring (bicyclic) bond motifs is 1. The molecular formula is C15H21BrN2O2. The second-order valence-corrected chi connectivity index (χ2v) is 6.73. The van der Waals surface area contributed by atoms with Crippen LogP contribution in [0.5, 0.6) is 5.75 Å². The minimum Gasteiger partial charge on any atom is -0.490 e. The second kappa shape index (κ2) is 5.47. The number of benzene rings is 1. The number of carbonyl (C=O) groups excluding carboxylic acids is 1. The van der Waals surface area contributed by atoms with E-state index in [1.165, 1.54) is 0 Å². The maximum absolute atomic E-state index is 13.0. The number of hydrogen-bond acceptors (Lipinski definition) is 4. The summed E-state index contributed by atoms with van der Waals surface area (Å²) in [7, 11) is 7.80. The van der Waals surface area contributed by atoms with E-state index in [-0.39, 0.29) is 5.78 Å². The normalized spacial score (nSPS) is 22.1. The smallest absolute Gasteiger partial charge is 0.191 e. The molecule has 5 heteroatoms. The lowest BCUT2D eigenvalue weighted by atomic mass is 9.85. The van der Waals surface area contributed by atoms with Crippen molar-refractivity contribution in [3.05, 3.63) is 27.7 Å². The molecule has 0 N–H and O–H groups in total. The molecule has 1 aliphatic heterocycles. The van der Waals surface area contributed by atoms with Gasteiger partial charge in [0.05, 0.1) is 5.56 Å². The number of ether oxygens (including phenoxy) is 1. The summed E-state index contributed by atoms with van der Waals surface area (Å²) in [6.07, 6.45) is 0. The van der Waals surface area contributed by atoms with E-state index in [2.05, 4.69) is 15.9 Å². The van der Waals surface area contributed by atoms with Crippen LogP contribution in [0.25, 0.3) is 0 Å². The van der Waals surface area contributed by atoms with E-state index < -0.39 is 5.54 Å². The van der Waals surface area contributed by atoms with Gasteiger partial charge in [0.1, 0.15) is 17.9 Å². The number of ketones is 1. The number of Topliss-reactive ketones (excluding diaryl/α,β-unsaturated/α-hetero) is 1. The molecule has 4 nitrogen and oxygen atoms in total. The zero-order valence-corrected chi connectivity index (χ0v) is 14.2. The molecule has 0 aliphatic carbocycles. The number of likely N-dealkylation sites (N-methyl/N-ethyl adjacent to an activating group) is 2. The summed E-state index contributed by atoms with van der Waals surface area (Å²) >= 11 is 3.50. The third-order valence-electron chi connectivity index (χ3n) is 3.83. The van der Waals surface area contributed by atoms with Gasteiger partial charge in [0, 0.05) is 11.0 Å². The van der Waals surface area contributed by atoms with Crippen LogP contribution in [0.2, 0.25) is 0 Å². The largest absolute Gasteiger partial charge is 0.490 e. The monoisotopic (exact) mass is 340 g/mol. The number of carbonyl (C=O) groups is 1. The Hall–Kier alpha value is -0.910. The molecule has 0 saturated carbocycles. The average molecular weight is 341 g/mol. The summed E-state index contributed by atoms with van der Waals surface area (Å²) in [6, 6.07) is 3.80. The molecule has 0 bridgehead atoms. The second-order valence-electron chi connectivity index (χ2n) is 5.88. The Morgan fingerprint density at radius 2 is 1.95 bits per heavy atom. The van der Waals surface area contributed by atoms with E-state index in [1.807, 2.05) is 57.0 Å². The number of hydrogen-bond donors (Lipinski definition) is 0. The van der Waals surface area contributed by atoms with E-state index in [9.17, 15) is 4.79 Å². The van der Waals surface area contributed by atoms with Crippen LogP contribution in [0.4, 0.5) is 0 Å². The number of aryl methyl sites for hydroxylation is 1. The Bertz CT molecular complexity index is 543. The van der Waals surface area contributed by atoms with Gasteiger partial charge in [-0.3, -0.25) is 9.69 Å². The molecule has 0 radical (unpaired) electrons. The number of nitrogens with zero attached hydrogens (tertiary/aromatic N) is 2. The van der Waals surface area contributed by atoms with E-state index in [1.54, 1.807) is 0 Å². The number of rotatable bonds is 3. The summed E-state index contributed by atoms with van der Waals surface area (Å²) in [5.41, 5.74) is 1.09. The topological polar surface area (TPSA) is 32.8 Å². The predicted octanol–water partition coefficient (Wildman–Crippen LogP) is 2.19. The van der Waals surface area contributed by atoms with Gasteiger partial charge in [-0.15, -0.1) is 0 Å². The van der Waals surface area contributed by atoms with Crippen molar-refractivity contribution >= 4 is 21.7 Å². The van der Waals surface area contributed by atoms with Crippen molar-refractivity contribution in [2.75, 3.05) is 41.3 Å². The van der Waals surface area contributed by atoms with Gasteiger partial charge in [-0.2, -0.15) is 0 Å². The first-order valence-corrected chi connectivity index (χ1v) is 7.37. The van der Waals surface area contributed by atoms with Crippen molar-refractivity contribution < 1.29 is 9.53 Å². The molecule has 1 aliphatic rings. The zero-order chi connectivity index (χ0) is 15.1. The fourth-order valence-corrected chi connectivity index (χ4v) is 2.92. The van der Waals surface area contributed by atoms with E-state index >= 15 is 0 Å². The van der Waals surface area contributed by atoms with Crippen molar-refractivity contribution in [1.29, 1.82) is 0 Å². The third kappa shape index (κ3) is 2.50. The quantitative estimate of drug-likeness (QED) is 0.844. The van der Waals surface area contributed by atoms with Crippen LogP contribution < -0.4 is 4.74 Å². The van der Waals surface area contributed by atoms with Crippen molar-refractivity contribution in [2.24, 2.45) is 0 Å². The van der Waals surface area contributed by atoms with Gasteiger partial charge in [-0.05, 0) is 52.8 Å². The Labute approximate surface area is 128 Å². The maximum Gasteiger partial charge on any atom is 0.191 e. The Morgan fingerprint density at radius 3 is 2.50 bits per heavy atom. The SMILES string of the molecule is Cc1cc2c(cc1Br)C(=O)[C@@](CN(C)C)(N(C)C)CO2. The van der Waals surface area contributed by atoms with Crippen molar-refractivity contribution in [3.63, 3.8) is 0 Å². The van der Waals surface area contributed by atoms with Gasteiger partial charge in [0.25, 0.3) is 0 Å². The van der Waals surface area contributed by atoms with Crippen LogP contribution in [0.3, 0.4) is 0 Å². The van der Waals surface area contributed by atoms with Crippen LogP contribution in [0.1, 0.15) is 15.9 Å². The lowest BCUT2D eigenvalue weighted by Gasteiger charge is -2.43. The third-order valence-corrected chi connectivity index (χ3v) is 4.68. The standard InChI is InChI=1S/C15H21BrN2O2/c1-10-6-13-11(7-12(10)16)14(19)15(9-20-13,18(4)5)8-17(2)3/h6-7H,8-9H2,1-5H3/t15-/m0/s1. The minimum absolute atomic E-state index is 0.123.